The number of rotatable bonds is 8. The number of aromatic nitrogens is 2. The minimum absolute atomic E-state index is 0. The van der Waals surface area contributed by atoms with Crippen LogP contribution in [0.1, 0.15) is 45.1 Å². The average Bonchev–Trinajstić information content (AvgIpc) is 3.24. The second kappa shape index (κ2) is 11.1. The lowest BCUT2D eigenvalue weighted by molar-refractivity contribution is 0.0671. The summed E-state index contributed by atoms with van der Waals surface area (Å²) in [6.45, 7) is 6.72. The summed E-state index contributed by atoms with van der Waals surface area (Å²) >= 11 is 0. The third-order valence-corrected chi connectivity index (χ3v) is 4.92. The summed E-state index contributed by atoms with van der Waals surface area (Å²) in [6, 6.07) is 0.729. The first kappa shape index (κ1) is 23.2. The van der Waals surface area contributed by atoms with Crippen molar-refractivity contribution in [2.75, 3.05) is 33.2 Å². The van der Waals surface area contributed by atoms with E-state index in [1.807, 2.05) is 20.2 Å². The summed E-state index contributed by atoms with van der Waals surface area (Å²) in [6.07, 6.45) is 8.86. The molecule has 0 spiro atoms. The Labute approximate surface area is 174 Å². The summed E-state index contributed by atoms with van der Waals surface area (Å²) in [4.78, 5) is 6.99. The second-order valence-corrected chi connectivity index (χ2v) is 7.22. The molecule has 1 unspecified atom stereocenters. The molecule has 1 aliphatic carbocycles. The lowest BCUT2D eigenvalue weighted by Crippen LogP contribution is -2.43. The average molecular weight is 478 g/mol. The molecule has 0 aliphatic heterocycles. The van der Waals surface area contributed by atoms with Crippen molar-refractivity contribution in [2.24, 2.45) is 12.0 Å². The van der Waals surface area contributed by atoms with E-state index in [-0.39, 0.29) is 30.5 Å². The van der Waals surface area contributed by atoms with Crippen LogP contribution in [0, 0.1) is 0 Å². The van der Waals surface area contributed by atoms with E-state index in [0.29, 0.717) is 0 Å². The SMILES string of the molecule is CCNC(=NCC(C)(O)c1cnn(C)c1)NCCN(C)C1CCCC1.I. The molecule has 1 aliphatic rings. The van der Waals surface area contributed by atoms with Crippen LogP contribution >= 0.6 is 24.0 Å². The molecular formula is C18H35IN6O. The highest BCUT2D eigenvalue weighted by Gasteiger charge is 2.24. The molecule has 0 radical (unpaired) electrons. The van der Waals surface area contributed by atoms with Gasteiger partial charge in [0.15, 0.2) is 5.96 Å². The highest BCUT2D eigenvalue weighted by molar-refractivity contribution is 14.0. The molecule has 1 fully saturated rings. The Morgan fingerprint density at radius 1 is 1.42 bits per heavy atom. The van der Waals surface area contributed by atoms with Gasteiger partial charge in [0.2, 0.25) is 0 Å². The van der Waals surface area contributed by atoms with Gasteiger partial charge in [0.05, 0.1) is 12.7 Å². The van der Waals surface area contributed by atoms with Crippen molar-refractivity contribution in [1.29, 1.82) is 0 Å². The first-order valence-corrected chi connectivity index (χ1v) is 9.36. The minimum Gasteiger partial charge on any atom is -0.383 e. The molecule has 0 aromatic carbocycles. The van der Waals surface area contributed by atoms with Gasteiger partial charge < -0.3 is 20.6 Å². The van der Waals surface area contributed by atoms with Crippen molar-refractivity contribution in [1.82, 2.24) is 25.3 Å². The smallest absolute Gasteiger partial charge is 0.191 e. The van der Waals surface area contributed by atoms with Crippen molar-refractivity contribution < 1.29 is 5.11 Å². The molecule has 150 valence electrons. The Balaban J connectivity index is 0.00000338. The van der Waals surface area contributed by atoms with Crippen LogP contribution in [0.25, 0.3) is 0 Å². The number of aliphatic imine (C=N–C) groups is 1. The first-order chi connectivity index (χ1) is 11.9. The molecule has 1 atom stereocenters. The van der Waals surface area contributed by atoms with Gasteiger partial charge in [-0.15, -0.1) is 24.0 Å². The van der Waals surface area contributed by atoms with Crippen LogP contribution in [0.4, 0.5) is 0 Å². The van der Waals surface area contributed by atoms with Crippen LogP contribution in [0.15, 0.2) is 17.4 Å². The van der Waals surface area contributed by atoms with E-state index in [2.05, 4.69) is 32.7 Å². The lowest BCUT2D eigenvalue weighted by Gasteiger charge is -2.25. The van der Waals surface area contributed by atoms with Gasteiger partial charge in [-0.05, 0) is 33.7 Å². The van der Waals surface area contributed by atoms with E-state index in [9.17, 15) is 5.11 Å². The van der Waals surface area contributed by atoms with E-state index in [0.717, 1.165) is 37.2 Å². The van der Waals surface area contributed by atoms with Crippen molar-refractivity contribution in [3.8, 4) is 0 Å². The molecule has 1 saturated carbocycles. The molecule has 26 heavy (non-hydrogen) atoms. The molecule has 1 heterocycles. The maximum atomic E-state index is 10.6. The predicted octanol–water partition coefficient (Wildman–Crippen LogP) is 1.68. The van der Waals surface area contributed by atoms with Crippen molar-refractivity contribution >= 4 is 29.9 Å². The Morgan fingerprint density at radius 3 is 2.69 bits per heavy atom. The van der Waals surface area contributed by atoms with Crippen LogP contribution in [0.2, 0.25) is 0 Å². The zero-order valence-corrected chi connectivity index (χ0v) is 18.9. The molecule has 0 amide bonds. The largest absolute Gasteiger partial charge is 0.383 e. The van der Waals surface area contributed by atoms with Gasteiger partial charge in [-0.1, -0.05) is 12.8 Å². The maximum absolute atomic E-state index is 10.6. The molecule has 2 rings (SSSR count). The van der Waals surface area contributed by atoms with Gasteiger partial charge in [-0.25, -0.2) is 4.99 Å². The summed E-state index contributed by atoms with van der Waals surface area (Å²) in [5, 5.41) is 21.4. The van der Waals surface area contributed by atoms with Gasteiger partial charge in [-0.2, -0.15) is 5.10 Å². The van der Waals surface area contributed by atoms with E-state index < -0.39 is 5.60 Å². The Bertz CT molecular complexity index is 554. The standard InChI is InChI=1S/C18H34N6O.HI/c1-5-19-17(20-10-11-23(3)16-8-6-7-9-16)21-14-18(2,25)15-12-22-24(4)13-15;/h12-13,16,25H,5-11,14H2,1-4H3,(H2,19,20,21);1H. The van der Waals surface area contributed by atoms with E-state index >= 15 is 0 Å². The summed E-state index contributed by atoms with van der Waals surface area (Å²) in [5.41, 5.74) is -0.257. The summed E-state index contributed by atoms with van der Waals surface area (Å²) in [5.74, 6) is 0.742. The molecule has 0 bridgehead atoms. The van der Waals surface area contributed by atoms with Crippen LogP contribution in [-0.2, 0) is 12.6 Å². The number of halogens is 1. The topological polar surface area (TPSA) is 77.7 Å². The first-order valence-electron chi connectivity index (χ1n) is 9.36. The molecule has 7 nitrogen and oxygen atoms in total. The number of hydrogen-bond donors (Lipinski definition) is 3. The molecule has 8 heteroatoms. The van der Waals surface area contributed by atoms with Gasteiger partial charge in [-0.3, -0.25) is 4.68 Å². The van der Waals surface area contributed by atoms with E-state index in [1.54, 1.807) is 17.8 Å². The van der Waals surface area contributed by atoms with Crippen LogP contribution in [0.5, 0.6) is 0 Å². The highest BCUT2D eigenvalue weighted by Crippen LogP contribution is 2.22. The summed E-state index contributed by atoms with van der Waals surface area (Å²) in [7, 11) is 4.05. The lowest BCUT2D eigenvalue weighted by atomic mass is 10.0. The van der Waals surface area contributed by atoms with Crippen molar-refractivity contribution in [3.63, 3.8) is 0 Å². The number of guanidine groups is 1. The van der Waals surface area contributed by atoms with Crippen LogP contribution < -0.4 is 10.6 Å². The number of nitrogens with zero attached hydrogens (tertiary/aromatic N) is 4. The number of hydrogen-bond acceptors (Lipinski definition) is 4. The Morgan fingerprint density at radius 2 is 2.12 bits per heavy atom. The third kappa shape index (κ3) is 7.03. The Kier molecular flexibility index (Phi) is 9.88. The predicted molar refractivity (Wildman–Crippen MR) is 117 cm³/mol. The minimum atomic E-state index is -1.03. The molecule has 1 aromatic heterocycles. The number of aryl methyl sites for hydroxylation is 1. The summed E-state index contributed by atoms with van der Waals surface area (Å²) < 4.78 is 1.69. The normalized spacial score (nSPS) is 17.8. The van der Waals surface area contributed by atoms with Crippen LogP contribution in [-0.4, -0.2) is 65.0 Å². The monoisotopic (exact) mass is 478 g/mol. The van der Waals surface area contributed by atoms with Gasteiger partial charge in [0.1, 0.15) is 5.60 Å². The zero-order chi connectivity index (χ0) is 18.3. The molecular weight excluding hydrogens is 443 g/mol. The fraction of sp³-hybridized carbons (Fsp3) is 0.778. The van der Waals surface area contributed by atoms with Crippen molar-refractivity contribution in [3.05, 3.63) is 18.0 Å². The Hall–Kier alpha value is -0.870. The van der Waals surface area contributed by atoms with E-state index in [4.69, 9.17) is 0 Å². The quantitative estimate of drug-likeness (QED) is 0.301. The highest BCUT2D eigenvalue weighted by atomic mass is 127. The fourth-order valence-corrected chi connectivity index (χ4v) is 3.24. The molecule has 0 saturated heterocycles. The third-order valence-electron chi connectivity index (χ3n) is 4.92. The van der Waals surface area contributed by atoms with E-state index in [1.165, 1.54) is 25.7 Å². The zero-order valence-electron chi connectivity index (χ0n) is 16.5. The number of nitrogens with one attached hydrogen (secondary N) is 2. The fourth-order valence-electron chi connectivity index (χ4n) is 3.24. The molecule has 1 aromatic rings. The number of aliphatic hydroxyl groups is 1. The van der Waals surface area contributed by atoms with Gasteiger partial charge >= 0.3 is 0 Å². The maximum Gasteiger partial charge on any atom is 0.191 e. The van der Waals surface area contributed by atoms with Gasteiger partial charge in [0, 0.05) is 44.5 Å². The van der Waals surface area contributed by atoms with Crippen molar-refractivity contribution in [2.45, 2.75) is 51.2 Å². The second-order valence-electron chi connectivity index (χ2n) is 7.22. The number of likely N-dealkylation sites (N-methyl/N-ethyl adjacent to an activating group) is 1. The molecule has 3 N–H and O–H groups in total. The van der Waals surface area contributed by atoms with Crippen LogP contribution in [0.3, 0.4) is 0 Å². The van der Waals surface area contributed by atoms with Gasteiger partial charge in [0.25, 0.3) is 0 Å².